The van der Waals surface area contributed by atoms with Crippen molar-refractivity contribution in [3.63, 3.8) is 0 Å². The van der Waals surface area contributed by atoms with Crippen LogP contribution >= 0.6 is 0 Å². The van der Waals surface area contributed by atoms with Crippen LogP contribution in [0.1, 0.15) is 6.92 Å². The molecule has 0 aromatic carbocycles. The third-order valence-electron chi connectivity index (χ3n) is 8.16. The van der Waals surface area contributed by atoms with Crippen molar-refractivity contribution in [2.45, 2.75) is 130 Å². The first-order valence-corrected chi connectivity index (χ1v) is 14.0. The quantitative estimate of drug-likeness (QED) is 0.110. The molecule has 4 heterocycles. The maximum Gasteiger partial charge on any atom is 0.187 e. The van der Waals surface area contributed by atoms with E-state index in [1.165, 1.54) is 6.92 Å². The second-order valence-corrected chi connectivity index (χ2v) is 11.1. The highest BCUT2D eigenvalue weighted by atomic mass is 16.8. The molecular formula is C24H42O20. The molecule has 20 atom stereocenters. The van der Waals surface area contributed by atoms with Gasteiger partial charge in [-0.25, -0.2) is 0 Å². The van der Waals surface area contributed by atoms with Crippen LogP contribution in [0.4, 0.5) is 0 Å². The van der Waals surface area contributed by atoms with Crippen molar-refractivity contribution in [2.75, 3.05) is 19.8 Å². The van der Waals surface area contributed by atoms with Crippen LogP contribution in [-0.4, -0.2) is 209 Å². The van der Waals surface area contributed by atoms with E-state index >= 15 is 0 Å². The molecule has 4 fully saturated rings. The summed E-state index contributed by atoms with van der Waals surface area (Å²) >= 11 is 0. The Morgan fingerprint density at radius 1 is 0.409 bits per heavy atom. The fourth-order valence-electron chi connectivity index (χ4n) is 5.52. The Kier molecular flexibility index (Phi) is 12.3. The van der Waals surface area contributed by atoms with Crippen LogP contribution in [0.5, 0.6) is 0 Å². The molecule has 0 aromatic rings. The number of ether oxygens (including phenoxy) is 7. The summed E-state index contributed by atoms with van der Waals surface area (Å²) in [5.74, 6) is 0. The third-order valence-corrected chi connectivity index (χ3v) is 8.16. The van der Waals surface area contributed by atoms with Gasteiger partial charge in [0.1, 0.15) is 91.6 Å². The van der Waals surface area contributed by atoms with Crippen molar-refractivity contribution < 1.29 is 99.5 Å². The largest absolute Gasteiger partial charge is 0.394 e. The highest BCUT2D eigenvalue weighted by Crippen LogP contribution is 2.34. The van der Waals surface area contributed by atoms with Gasteiger partial charge in [0, 0.05) is 0 Å². The maximum absolute atomic E-state index is 10.8. The molecule has 258 valence electrons. The minimum Gasteiger partial charge on any atom is -0.394 e. The molecule has 44 heavy (non-hydrogen) atoms. The molecule has 0 spiro atoms. The lowest BCUT2D eigenvalue weighted by Crippen LogP contribution is -2.67. The van der Waals surface area contributed by atoms with Crippen LogP contribution in [-0.2, 0) is 33.2 Å². The molecule has 4 aliphatic heterocycles. The normalized spacial score (nSPS) is 53.9. The fourth-order valence-corrected chi connectivity index (χ4v) is 5.52. The summed E-state index contributed by atoms with van der Waals surface area (Å²) in [7, 11) is 0. The first-order chi connectivity index (χ1) is 20.7. The van der Waals surface area contributed by atoms with Gasteiger partial charge in [0.15, 0.2) is 25.2 Å². The number of rotatable bonds is 9. The first kappa shape index (κ1) is 36.0. The Morgan fingerprint density at radius 2 is 0.795 bits per heavy atom. The molecule has 20 nitrogen and oxygen atoms in total. The van der Waals surface area contributed by atoms with E-state index in [0.717, 1.165) is 0 Å². The molecule has 0 aliphatic carbocycles. The second kappa shape index (κ2) is 15.0. The van der Waals surface area contributed by atoms with Crippen molar-refractivity contribution in [1.82, 2.24) is 0 Å². The topological polar surface area (TPSA) is 328 Å². The summed E-state index contributed by atoms with van der Waals surface area (Å²) in [4.78, 5) is 0. The zero-order chi connectivity index (χ0) is 32.6. The van der Waals surface area contributed by atoms with Gasteiger partial charge in [0.25, 0.3) is 0 Å². The minimum absolute atomic E-state index is 0.759. The second-order valence-electron chi connectivity index (χ2n) is 11.1. The zero-order valence-corrected chi connectivity index (χ0v) is 23.3. The van der Waals surface area contributed by atoms with Crippen molar-refractivity contribution in [2.24, 2.45) is 0 Å². The van der Waals surface area contributed by atoms with Crippen molar-refractivity contribution in [3.8, 4) is 0 Å². The Labute approximate surface area is 249 Å². The molecule has 20 heteroatoms. The van der Waals surface area contributed by atoms with Crippen molar-refractivity contribution in [3.05, 3.63) is 0 Å². The van der Waals surface area contributed by atoms with E-state index in [1.54, 1.807) is 0 Å². The average Bonchev–Trinajstić information content (AvgIpc) is 3.00. The molecular weight excluding hydrogens is 608 g/mol. The van der Waals surface area contributed by atoms with E-state index in [1.807, 2.05) is 0 Å². The number of aliphatic hydroxyl groups is 13. The summed E-state index contributed by atoms with van der Waals surface area (Å²) in [6.07, 6.45) is -33.4. The van der Waals surface area contributed by atoms with Crippen LogP contribution in [0.15, 0.2) is 0 Å². The molecule has 0 amide bonds. The monoisotopic (exact) mass is 650 g/mol. The van der Waals surface area contributed by atoms with Crippen molar-refractivity contribution in [1.29, 1.82) is 0 Å². The van der Waals surface area contributed by atoms with E-state index in [4.69, 9.17) is 33.2 Å². The molecule has 4 rings (SSSR count). The highest BCUT2D eigenvalue weighted by Gasteiger charge is 2.54. The molecule has 0 saturated carbocycles. The third kappa shape index (κ3) is 7.05. The summed E-state index contributed by atoms with van der Waals surface area (Å²) in [6, 6.07) is 0. The molecule has 0 aromatic heterocycles. The van der Waals surface area contributed by atoms with Gasteiger partial charge in [0.05, 0.1) is 25.9 Å². The molecule has 0 bridgehead atoms. The van der Waals surface area contributed by atoms with E-state index in [-0.39, 0.29) is 0 Å². The van der Waals surface area contributed by atoms with Gasteiger partial charge in [-0.2, -0.15) is 0 Å². The van der Waals surface area contributed by atoms with Crippen LogP contribution < -0.4 is 0 Å². The van der Waals surface area contributed by atoms with Gasteiger partial charge in [0.2, 0.25) is 0 Å². The predicted molar refractivity (Wildman–Crippen MR) is 132 cm³/mol. The summed E-state index contributed by atoms with van der Waals surface area (Å²) in [5, 5.41) is 132. The summed E-state index contributed by atoms with van der Waals surface area (Å²) in [5.41, 5.74) is 0. The molecule has 13 N–H and O–H groups in total. The first-order valence-electron chi connectivity index (χ1n) is 14.0. The lowest BCUT2D eigenvalue weighted by Gasteiger charge is -2.48. The van der Waals surface area contributed by atoms with E-state index in [0.29, 0.717) is 0 Å². The van der Waals surface area contributed by atoms with E-state index in [2.05, 4.69) is 0 Å². The number of aliphatic hydroxyl groups excluding tert-OH is 13. The summed E-state index contributed by atoms with van der Waals surface area (Å²) in [6.45, 7) is -1.00. The molecule has 4 aliphatic rings. The fraction of sp³-hybridized carbons (Fsp3) is 1.00. The smallest absolute Gasteiger partial charge is 0.187 e. The summed E-state index contributed by atoms with van der Waals surface area (Å²) < 4.78 is 38.0. The number of hydrogen-bond donors (Lipinski definition) is 13. The van der Waals surface area contributed by atoms with Crippen molar-refractivity contribution >= 4 is 0 Å². The Morgan fingerprint density at radius 3 is 1.32 bits per heavy atom. The molecule has 0 unspecified atom stereocenters. The van der Waals surface area contributed by atoms with Gasteiger partial charge in [-0.3, -0.25) is 0 Å². The van der Waals surface area contributed by atoms with Gasteiger partial charge in [-0.15, -0.1) is 0 Å². The van der Waals surface area contributed by atoms with Crippen LogP contribution in [0.3, 0.4) is 0 Å². The standard InChI is InChI=1S/C24H42O20/c1-5-18(12(31)16(35)22(38-5)43-19-7(3-26)39-21(37)14(33)11(19)30)42-24-17(36)13(32)20(8(4-27)41-24)44-23-15(34)10(29)9(28)6(2-25)40-23/h5-37H,2-4H2,1H3/t5-,6-,7-,8-,9-,10+,11-,12-,13-,14-,15-,16-,17-,18+,19-,20+,21-,22+,23+,24+/m1/s1. The van der Waals surface area contributed by atoms with Crippen LogP contribution in [0, 0.1) is 0 Å². The SMILES string of the molecule is C[C@H]1O[C@@H](O[C@H]2[C@H](O)[C@@H](O)[C@H](O)O[C@@H]2CO)[C@H](O)[C@@H](O)[C@H]1O[C@@H]1O[C@H](CO)[C@H](O[C@@H]2O[C@H](CO)[C@@H](O)[C@H](O)[C@H]2O)[C@H](O)[C@H]1O. The zero-order valence-electron chi connectivity index (χ0n) is 23.3. The van der Waals surface area contributed by atoms with Crippen LogP contribution in [0.25, 0.3) is 0 Å². The Balaban J connectivity index is 1.40. The van der Waals surface area contributed by atoms with E-state index in [9.17, 15) is 66.4 Å². The predicted octanol–water partition coefficient (Wildman–Crippen LogP) is -8.72. The van der Waals surface area contributed by atoms with Gasteiger partial charge in [-0.1, -0.05) is 0 Å². The molecule has 4 saturated heterocycles. The van der Waals surface area contributed by atoms with Crippen LogP contribution in [0.2, 0.25) is 0 Å². The lowest BCUT2D eigenvalue weighted by molar-refractivity contribution is -0.385. The molecule has 0 radical (unpaired) electrons. The highest BCUT2D eigenvalue weighted by molar-refractivity contribution is 4.97. The van der Waals surface area contributed by atoms with Gasteiger partial charge >= 0.3 is 0 Å². The Bertz CT molecular complexity index is 896. The Hall–Kier alpha value is -0.800. The van der Waals surface area contributed by atoms with E-state index < -0.39 is 143 Å². The maximum atomic E-state index is 10.8. The minimum atomic E-state index is -1.94. The average molecular weight is 651 g/mol. The van der Waals surface area contributed by atoms with Gasteiger partial charge in [-0.05, 0) is 6.92 Å². The van der Waals surface area contributed by atoms with Gasteiger partial charge < -0.3 is 99.5 Å². The lowest BCUT2D eigenvalue weighted by atomic mass is 9.96. The number of hydrogen-bond acceptors (Lipinski definition) is 20.